The molecule has 3 aromatic rings. The number of benzene rings is 1. The molecule has 2 heterocycles. The number of allylic oxidation sites excluding steroid dienone is 1. The number of rotatable bonds is 13. The molecule has 0 fully saturated rings. The van der Waals surface area contributed by atoms with Crippen molar-refractivity contribution < 1.29 is 19.1 Å². The van der Waals surface area contributed by atoms with Gasteiger partial charge in [0.2, 0.25) is 17.7 Å². The first-order chi connectivity index (χ1) is 19.1. The standard InChI is InChI=1S/C29H38N6O5/c1-19(2)16-20-10-8-12-21-27(20)33-24(30-21)17-35-15-9-13-23(29(35)39)32-28(38)22(31-25(36)18-40-5)11-6-7-14-26(37)34(3)4/h7-10,12-15,19,22H,6,11,16-18H2,1-5H3,(H,30,33)(H,31,36)(H,32,38)/b14-7+. The first kappa shape index (κ1) is 30.3. The number of imidazole rings is 1. The summed E-state index contributed by atoms with van der Waals surface area (Å²) in [6.07, 6.45) is 6.15. The second-order valence-electron chi connectivity index (χ2n) is 10.2. The van der Waals surface area contributed by atoms with Gasteiger partial charge in [-0.1, -0.05) is 32.1 Å². The normalized spacial score (nSPS) is 12.2. The molecule has 1 atom stereocenters. The van der Waals surface area contributed by atoms with Gasteiger partial charge in [0.25, 0.3) is 5.56 Å². The summed E-state index contributed by atoms with van der Waals surface area (Å²) in [5.41, 5.74) is 2.61. The Morgan fingerprint density at radius 2 is 1.95 bits per heavy atom. The van der Waals surface area contributed by atoms with Crippen LogP contribution in [-0.4, -0.2) is 71.0 Å². The summed E-state index contributed by atoms with van der Waals surface area (Å²) in [4.78, 5) is 59.7. The van der Waals surface area contributed by atoms with Crippen LogP contribution in [0.3, 0.4) is 0 Å². The summed E-state index contributed by atoms with van der Waals surface area (Å²) in [6.45, 7) is 4.29. The van der Waals surface area contributed by atoms with E-state index in [0.29, 0.717) is 18.2 Å². The van der Waals surface area contributed by atoms with Crippen molar-refractivity contribution >= 4 is 34.4 Å². The molecule has 0 saturated carbocycles. The van der Waals surface area contributed by atoms with Crippen LogP contribution in [0.5, 0.6) is 0 Å². The second kappa shape index (κ2) is 14.2. The van der Waals surface area contributed by atoms with Crippen molar-refractivity contribution in [3.05, 3.63) is 70.4 Å². The monoisotopic (exact) mass is 550 g/mol. The Bertz CT molecular complexity index is 1420. The molecule has 11 nitrogen and oxygen atoms in total. The van der Waals surface area contributed by atoms with Gasteiger partial charge in [-0.3, -0.25) is 19.2 Å². The molecule has 0 bridgehead atoms. The molecule has 0 saturated heterocycles. The van der Waals surface area contributed by atoms with E-state index in [-0.39, 0.29) is 31.2 Å². The van der Waals surface area contributed by atoms with E-state index in [9.17, 15) is 19.2 Å². The fourth-order valence-electron chi connectivity index (χ4n) is 4.19. The summed E-state index contributed by atoms with van der Waals surface area (Å²) in [7, 11) is 4.65. The topological polar surface area (TPSA) is 138 Å². The van der Waals surface area contributed by atoms with Crippen molar-refractivity contribution in [1.82, 2.24) is 24.8 Å². The number of likely N-dealkylation sites (N-methyl/N-ethyl adjacent to an activating group) is 1. The number of hydrogen-bond donors (Lipinski definition) is 3. The Kier molecular flexibility index (Phi) is 10.8. The number of hydrogen-bond acceptors (Lipinski definition) is 6. The molecule has 2 aromatic heterocycles. The number of para-hydroxylation sites is 1. The molecule has 0 aliphatic carbocycles. The Morgan fingerprint density at radius 1 is 1.18 bits per heavy atom. The van der Waals surface area contributed by atoms with Gasteiger partial charge in [-0.2, -0.15) is 0 Å². The summed E-state index contributed by atoms with van der Waals surface area (Å²) in [6, 6.07) is 8.25. The van der Waals surface area contributed by atoms with Crippen molar-refractivity contribution in [2.24, 2.45) is 5.92 Å². The maximum Gasteiger partial charge on any atom is 0.274 e. The minimum absolute atomic E-state index is 0.0772. The highest BCUT2D eigenvalue weighted by atomic mass is 16.5. The van der Waals surface area contributed by atoms with E-state index < -0.39 is 23.4 Å². The lowest BCUT2D eigenvalue weighted by Gasteiger charge is -2.18. The van der Waals surface area contributed by atoms with Crippen LogP contribution in [0.1, 0.15) is 38.1 Å². The van der Waals surface area contributed by atoms with Crippen molar-refractivity contribution in [3.63, 3.8) is 0 Å². The number of ether oxygens (including phenoxy) is 1. The predicted octanol–water partition coefficient (Wildman–Crippen LogP) is 2.47. The summed E-state index contributed by atoms with van der Waals surface area (Å²) in [5, 5.41) is 5.28. The zero-order valence-electron chi connectivity index (χ0n) is 23.7. The number of pyridine rings is 1. The molecule has 1 aromatic carbocycles. The maximum atomic E-state index is 13.2. The van der Waals surface area contributed by atoms with Crippen molar-refractivity contribution in [3.8, 4) is 0 Å². The van der Waals surface area contributed by atoms with Crippen LogP contribution in [-0.2, 0) is 32.1 Å². The molecular weight excluding hydrogens is 512 g/mol. The highest BCUT2D eigenvalue weighted by Gasteiger charge is 2.21. The van der Waals surface area contributed by atoms with Crippen LogP contribution in [0.4, 0.5) is 5.69 Å². The Labute approximate surface area is 233 Å². The van der Waals surface area contributed by atoms with E-state index in [4.69, 9.17) is 9.72 Å². The highest BCUT2D eigenvalue weighted by Crippen LogP contribution is 2.20. The van der Waals surface area contributed by atoms with E-state index in [2.05, 4.69) is 35.5 Å². The number of methoxy groups -OCH3 is 1. The minimum atomic E-state index is -0.940. The number of carbonyl (C=O) groups excluding carboxylic acids is 3. The molecule has 0 radical (unpaired) electrons. The fourth-order valence-corrected chi connectivity index (χ4v) is 4.19. The molecule has 3 N–H and O–H groups in total. The molecular formula is C29H38N6O5. The quantitative estimate of drug-likeness (QED) is 0.280. The minimum Gasteiger partial charge on any atom is -0.375 e. The Balaban J connectivity index is 1.76. The number of aromatic amines is 1. The lowest BCUT2D eigenvalue weighted by Crippen LogP contribution is -2.45. The maximum absolute atomic E-state index is 13.2. The third kappa shape index (κ3) is 8.37. The van der Waals surface area contributed by atoms with Gasteiger partial charge in [0, 0.05) is 27.4 Å². The third-order valence-corrected chi connectivity index (χ3v) is 6.12. The van der Waals surface area contributed by atoms with Gasteiger partial charge < -0.3 is 29.8 Å². The molecule has 40 heavy (non-hydrogen) atoms. The summed E-state index contributed by atoms with van der Waals surface area (Å²) in [5.74, 6) is -0.0966. The molecule has 3 rings (SSSR count). The van der Waals surface area contributed by atoms with E-state index in [1.54, 1.807) is 32.4 Å². The number of anilines is 1. The number of aromatic nitrogens is 3. The average Bonchev–Trinajstić information content (AvgIpc) is 3.31. The molecule has 3 amide bonds. The second-order valence-corrected chi connectivity index (χ2v) is 10.2. The average molecular weight is 551 g/mol. The molecule has 214 valence electrons. The first-order valence-electron chi connectivity index (χ1n) is 13.2. The van der Waals surface area contributed by atoms with Crippen molar-refractivity contribution in [2.45, 2.75) is 45.7 Å². The van der Waals surface area contributed by atoms with Crippen LogP contribution in [0.25, 0.3) is 11.0 Å². The van der Waals surface area contributed by atoms with Gasteiger partial charge in [-0.15, -0.1) is 0 Å². The molecule has 1 unspecified atom stereocenters. The van der Waals surface area contributed by atoms with Crippen LogP contribution >= 0.6 is 0 Å². The van der Waals surface area contributed by atoms with Crippen molar-refractivity contribution in [2.75, 3.05) is 33.1 Å². The number of fused-ring (bicyclic) bond motifs is 1. The van der Waals surface area contributed by atoms with Gasteiger partial charge in [-0.25, -0.2) is 4.98 Å². The summed E-state index contributed by atoms with van der Waals surface area (Å²) >= 11 is 0. The lowest BCUT2D eigenvalue weighted by atomic mass is 10.0. The number of amides is 3. The van der Waals surface area contributed by atoms with E-state index in [0.717, 1.165) is 23.0 Å². The van der Waals surface area contributed by atoms with E-state index in [1.807, 2.05) is 12.1 Å². The predicted molar refractivity (Wildman–Crippen MR) is 154 cm³/mol. The highest BCUT2D eigenvalue weighted by molar-refractivity contribution is 5.97. The zero-order chi connectivity index (χ0) is 29.2. The lowest BCUT2D eigenvalue weighted by molar-refractivity contribution is -0.129. The first-order valence-corrected chi connectivity index (χ1v) is 13.2. The van der Waals surface area contributed by atoms with Gasteiger partial charge in [0.05, 0.1) is 17.6 Å². The Hall–Kier alpha value is -4.25. The Morgan fingerprint density at radius 3 is 2.65 bits per heavy atom. The SMILES string of the molecule is COCC(=O)NC(CC/C=C/C(=O)N(C)C)C(=O)Nc1cccn(Cc2nc3c(CC(C)C)cccc3[nH]2)c1=O. The van der Waals surface area contributed by atoms with E-state index >= 15 is 0 Å². The van der Waals surface area contributed by atoms with Gasteiger partial charge in [-0.05, 0) is 55.0 Å². The van der Waals surface area contributed by atoms with Crippen LogP contribution in [0.2, 0.25) is 0 Å². The largest absolute Gasteiger partial charge is 0.375 e. The third-order valence-electron chi connectivity index (χ3n) is 6.12. The smallest absolute Gasteiger partial charge is 0.274 e. The van der Waals surface area contributed by atoms with Crippen LogP contribution < -0.4 is 16.2 Å². The van der Waals surface area contributed by atoms with E-state index in [1.165, 1.54) is 28.7 Å². The fraction of sp³-hybridized carbons (Fsp3) is 0.414. The number of H-pyrrole nitrogens is 1. The van der Waals surface area contributed by atoms with Crippen LogP contribution in [0, 0.1) is 5.92 Å². The van der Waals surface area contributed by atoms with Gasteiger partial charge >= 0.3 is 0 Å². The van der Waals surface area contributed by atoms with Crippen LogP contribution in [0.15, 0.2) is 53.5 Å². The molecule has 0 spiro atoms. The number of carbonyl (C=O) groups is 3. The van der Waals surface area contributed by atoms with Gasteiger partial charge in [0.1, 0.15) is 24.2 Å². The summed E-state index contributed by atoms with van der Waals surface area (Å²) < 4.78 is 6.32. The molecule has 0 aliphatic heterocycles. The molecule has 11 heteroatoms. The zero-order valence-corrected chi connectivity index (χ0v) is 23.7. The molecule has 0 aliphatic rings. The number of nitrogens with one attached hydrogen (secondary N) is 3. The van der Waals surface area contributed by atoms with Crippen molar-refractivity contribution in [1.29, 1.82) is 0 Å². The van der Waals surface area contributed by atoms with Gasteiger partial charge in [0.15, 0.2) is 0 Å². The number of nitrogens with zero attached hydrogens (tertiary/aromatic N) is 3.